The third kappa shape index (κ3) is 4.90. The van der Waals surface area contributed by atoms with E-state index < -0.39 is 0 Å². The Balaban J connectivity index is 1.53. The van der Waals surface area contributed by atoms with Gasteiger partial charge < -0.3 is 21.4 Å². The fourth-order valence-corrected chi connectivity index (χ4v) is 7.03. The molecule has 0 atom stereocenters. The second kappa shape index (κ2) is 12.0. The maximum absolute atomic E-state index is 6.97. The Bertz CT molecular complexity index is 2450. The largest absolute Gasteiger partial charge is 0.395 e. The van der Waals surface area contributed by atoms with Crippen molar-refractivity contribution in [1.82, 2.24) is 19.9 Å². The highest BCUT2D eigenvalue weighted by molar-refractivity contribution is 6.08. The first-order valence-electron chi connectivity index (χ1n) is 16.6. The molecule has 7 aromatic rings. The first-order chi connectivity index (χ1) is 24.6. The Morgan fingerprint density at radius 2 is 0.640 bits per heavy atom. The Morgan fingerprint density at radius 1 is 0.340 bits per heavy atom. The fourth-order valence-electron chi connectivity index (χ4n) is 7.03. The average Bonchev–Trinajstić information content (AvgIpc) is 3.99. The van der Waals surface area contributed by atoms with Crippen molar-refractivity contribution in [3.05, 3.63) is 156 Å². The number of nitrogens with one attached hydrogen (secondary N) is 2. The predicted molar refractivity (Wildman–Crippen MR) is 209 cm³/mol. The molecular formula is C44H32N6. The summed E-state index contributed by atoms with van der Waals surface area (Å²) in [5.41, 5.74) is 29.2. The van der Waals surface area contributed by atoms with Crippen molar-refractivity contribution >= 4 is 57.7 Å². The third-order valence-electron chi connectivity index (χ3n) is 9.36. The number of fused-ring (bicyclic) bond motifs is 8. The number of benzene rings is 4. The number of hydrogen-bond acceptors (Lipinski definition) is 4. The van der Waals surface area contributed by atoms with E-state index in [1.807, 2.05) is 48.5 Å². The van der Waals surface area contributed by atoms with Gasteiger partial charge in [0, 0.05) is 33.3 Å². The van der Waals surface area contributed by atoms with Crippen molar-refractivity contribution in [3.63, 3.8) is 0 Å². The lowest BCUT2D eigenvalue weighted by atomic mass is 10.0. The average molecular weight is 645 g/mol. The van der Waals surface area contributed by atoms with E-state index in [1.54, 1.807) is 0 Å². The van der Waals surface area contributed by atoms with Crippen LogP contribution in [-0.4, -0.2) is 19.9 Å². The molecule has 0 amide bonds. The van der Waals surface area contributed by atoms with Gasteiger partial charge in [0.05, 0.1) is 45.2 Å². The molecule has 6 N–H and O–H groups in total. The van der Waals surface area contributed by atoms with Gasteiger partial charge in [0.1, 0.15) is 0 Å². The number of H-pyrrole nitrogens is 2. The van der Waals surface area contributed by atoms with Crippen molar-refractivity contribution < 1.29 is 0 Å². The summed E-state index contributed by atoms with van der Waals surface area (Å²) in [6, 6.07) is 45.4. The third-order valence-corrected chi connectivity index (χ3v) is 9.36. The topological polar surface area (TPSA) is 109 Å². The molecule has 0 spiro atoms. The summed E-state index contributed by atoms with van der Waals surface area (Å²) in [5.74, 6) is 0. The van der Waals surface area contributed by atoms with E-state index in [0.29, 0.717) is 22.4 Å². The van der Waals surface area contributed by atoms with Gasteiger partial charge in [-0.15, -0.1) is 0 Å². The van der Waals surface area contributed by atoms with E-state index in [-0.39, 0.29) is 0 Å². The van der Waals surface area contributed by atoms with Gasteiger partial charge in [-0.3, -0.25) is 0 Å². The highest BCUT2D eigenvalue weighted by atomic mass is 14.9. The molecule has 0 aliphatic carbocycles. The standard InChI is InChI=1S/C44H32N6/c45-41-42(46)44-40(30-19-11-4-12-20-30)36-26-24-34(49-36)38(28-15-7-2-8-16-28)32-22-21-31(47-32)37(27-13-5-1-6-14-27)33-23-25-35(48-33)39(43(41)50-44)29-17-9-3-10-18-29/h1-26,47,50H,45-46H2. The molecule has 9 rings (SSSR count). The molecule has 0 fully saturated rings. The van der Waals surface area contributed by atoms with Gasteiger partial charge >= 0.3 is 0 Å². The molecule has 50 heavy (non-hydrogen) atoms. The van der Waals surface area contributed by atoms with Crippen molar-refractivity contribution in [2.75, 3.05) is 11.5 Å². The van der Waals surface area contributed by atoms with Crippen molar-refractivity contribution in [2.45, 2.75) is 0 Å². The zero-order valence-corrected chi connectivity index (χ0v) is 27.1. The zero-order valence-electron chi connectivity index (χ0n) is 27.1. The van der Waals surface area contributed by atoms with Gasteiger partial charge in [0.15, 0.2) is 0 Å². The van der Waals surface area contributed by atoms with Gasteiger partial charge in [0.2, 0.25) is 0 Å². The highest BCUT2D eigenvalue weighted by Gasteiger charge is 2.21. The van der Waals surface area contributed by atoms with Gasteiger partial charge in [0.25, 0.3) is 0 Å². The van der Waals surface area contributed by atoms with Gasteiger partial charge in [-0.2, -0.15) is 0 Å². The number of aromatic amines is 2. The molecule has 6 nitrogen and oxygen atoms in total. The van der Waals surface area contributed by atoms with Crippen molar-refractivity contribution in [3.8, 4) is 44.5 Å². The minimum atomic E-state index is 0.463. The van der Waals surface area contributed by atoms with Crippen molar-refractivity contribution in [1.29, 1.82) is 0 Å². The van der Waals surface area contributed by atoms with E-state index >= 15 is 0 Å². The second-order valence-electron chi connectivity index (χ2n) is 12.4. The normalized spacial score (nSPS) is 12.0. The minimum absolute atomic E-state index is 0.463. The van der Waals surface area contributed by atoms with Gasteiger partial charge in [-0.1, -0.05) is 121 Å². The lowest BCUT2D eigenvalue weighted by Gasteiger charge is -2.07. The molecule has 4 aromatic carbocycles. The molecule has 2 aliphatic rings. The summed E-state index contributed by atoms with van der Waals surface area (Å²) < 4.78 is 0. The molecule has 5 heterocycles. The molecule has 0 saturated carbocycles. The molecule has 3 aromatic heterocycles. The second-order valence-corrected chi connectivity index (χ2v) is 12.4. The van der Waals surface area contributed by atoms with Crippen LogP contribution in [0.15, 0.2) is 133 Å². The van der Waals surface area contributed by atoms with Crippen LogP contribution in [0.5, 0.6) is 0 Å². The Morgan fingerprint density at radius 3 is 0.980 bits per heavy atom. The van der Waals surface area contributed by atoms with Gasteiger partial charge in [-0.05, 0) is 58.7 Å². The lowest BCUT2D eigenvalue weighted by molar-refractivity contribution is 1.31. The number of nitrogens with zero attached hydrogens (tertiary/aromatic N) is 2. The lowest BCUT2D eigenvalue weighted by Crippen LogP contribution is -1.93. The summed E-state index contributed by atoms with van der Waals surface area (Å²) in [6.45, 7) is 0. The number of anilines is 2. The van der Waals surface area contributed by atoms with Crippen LogP contribution in [0.1, 0.15) is 22.8 Å². The molecule has 2 aliphatic heterocycles. The maximum atomic E-state index is 6.97. The monoisotopic (exact) mass is 644 g/mol. The van der Waals surface area contributed by atoms with Crippen LogP contribution in [0.4, 0.5) is 11.4 Å². The van der Waals surface area contributed by atoms with Crippen molar-refractivity contribution in [2.24, 2.45) is 0 Å². The quantitative estimate of drug-likeness (QED) is 0.153. The summed E-state index contributed by atoms with van der Waals surface area (Å²) >= 11 is 0. The van der Waals surface area contributed by atoms with Crippen LogP contribution in [0.25, 0.3) is 90.9 Å². The molecule has 0 radical (unpaired) electrons. The Kier molecular flexibility index (Phi) is 6.99. The SMILES string of the molecule is Nc1c(N)c2[nH]c1c(-c1ccccc1)c1nc(c(-c3ccccc3)c3ccc([nH]3)c(-c3ccccc3)c3nc(c2-c2ccccc2)C=C3)C=C1. The molecule has 0 saturated heterocycles. The molecule has 8 bridgehead atoms. The van der Waals surface area contributed by atoms with Crippen LogP contribution in [-0.2, 0) is 0 Å². The number of aromatic nitrogens is 4. The Hall–Kier alpha value is -6.92. The molecule has 6 heteroatoms. The molecular weight excluding hydrogens is 613 g/mol. The van der Waals surface area contributed by atoms with E-state index in [4.69, 9.17) is 21.4 Å². The van der Waals surface area contributed by atoms with Crippen LogP contribution >= 0.6 is 0 Å². The molecule has 0 unspecified atom stereocenters. The molecule has 238 valence electrons. The minimum Gasteiger partial charge on any atom is -0.395 e. The van der Waals surface area contributed by atoms with E-state index in [9.17, 15) is 0 Å². The number of nitrogen functional groups attached to an aromatic ring is 2. The first-order valence-corrected chi connectivity index (χ1v) is 16.6. The zero-order chi connectivity index (χ0) is 33.6. The van der Waals surface area contributed by atoms with Crippen LogP contribution in [0, 0.1) is 0 Å². The van der Waals surface area contributed by atoms with Crippen LogP contribution < -0.4 is 11.5 Å². The van der Waals surface area contributed by atoms with Gasteiger partial charge in [-0.25, -0.2) is 9.97 Å². The highest BCUT2D eigenvalue weighted by Crippen LogP contribution is 2.42. The Labute approximate surface area is 289 Å². The summed E-state index contributed by atoms with van der Waals surface area (Å²) in [4.78, 5) is 18.1. The first kappa shape index (κ1) is 29.2. The van der Waals surface area contributed by atoms with Crippen LogP contribution in [0.2, 0.25) is 0 Å². The summed E-state index contributed by atoms with van der Waals surface area (Å²) in [6.07, 6.45) is 8.28. The van der Waals surface area contributed by atoms with Crippen LogP contribution in [0.3, 0.4) is 0 Å². The fraction of sp³-hybridized carbons (Fsp3) is 0. The maximum Gasteiger partial charge on any atom is 0.0816 e. The smallest absolute Gasteiger partial charge is 0.0816 e. The van der Waals surface area contributed by atoms with E-state index in [2.05, 4.69) is 119 Å². The van der Waals surface area contributed by atoms with E-state index in [1.165, 1.54) is 0 Å². The predicted octanol–water partition coefficient (Wildman–Crippen LogP) is 10.5. The number of hydrogen-bond donors (Lipinski definition) is 4. The van der Waals surface area contributed by atoms with E-state index in [0.717, 1.165) is 78.3 Å². The number of rotatable bonds is 4. The summed E-state index contributed by atoms with van der Waals surface area (Å²) in [5, 5.41) is 0. The number of nitrogens with two attached hydrogens (primary N) is 2. The summed E-state index contributed by atoms with van der Waals surface area (Å²) in [7, 11) is 0.